The molecule has 0 atom stereocenters. The van der Waals surface area contributed by atoms with E-state index in [4.69, 9.17) is 0 Å². The number of pyridine rings is 1. The summed E-state index contributed by atoms with van der Waals surface area (Å²) in [6, 6.07) is 2.34. The number of aromatic nitrogens is 1. The van der Waals surface area contributed by atoms with Crippen LogP contribution in [0.2, 0.25) is 0 Å². The molecule has 1 aromatic rings. The van der Waals surface area contributed by atoms with Crippen LogP contribution in [0.4, 0.5) is 13.2 Å². The molecule has 114 valence electrons. The van der Waals surface area contributed by atoms with Crippen molar-refractivity contribution in [2.45, 2.75) is 36.9 Å². The Morgan fingerprint density at radius 3 is 2.38 bits per heavy atom. The highest BCUT2D eigenvalue weighted by atomic mass is 32.2. The molecule has 0 saturated heterocycles. The minimum Gasteiger partial charge on any atom is -0.299 e. The summed E-state index contributed by atoms with van der Waals surface area (Å²) in [5.41, 5.74) is -0.768. The Kier molecular flexibility index (Phi) is 5.03. The predicted octanol–water partition coefficient (Wildman–Crippen LogP) is 3.52. The van der Waals surface area contributed by atoms with Crippen molar-refractivity contribution < 1.29 is 22.8 Å². The molecule has 1 aliphatic rings. The van der Waals surface area contributed by atoms with Crippen molar-refractivity contribution in [2.24, 2.45) is 5.92 Å². The lowest BCUT2D eigenvalue weighted by Gasteiger charge is -2.19. The second-order valence-corrected chi connectivity index (χ2v) is 6.16. The summed E-state index contributed by atoms with van der Waals surface area (Å²) in [6.07, 6.45) is -1.98. The van der Waals surface area contributed by atoms with Gasteiger partial charge in [-0.3, -0.25) is 9.59 Å². The molecule has 0 radical (unpaired) electrons. The van der Waals surface area contributed by atoms with Gasteiger partial charge in [0.15, 0.2) is 0 Å². The fourth-order valence-corrected chi connectivity index (χ4v) is 3.20. The zero-order valence-corrected chi connectivity index (χ0v) is 12.0. The van der Waals surface area contributed by atoms with E-state index in [1.807, 2.05) is 0 Å². The Bertz CT molecular complexity index is 512. The molecular formula is C14H14F3NO2S. The molecule has 0 aliphatic heterocycles. The van der Waals surface area contributed by atoms with Crippen LogP contribution in [-0.2, 0) is 15.8 Å². The number of carbonyl (C=O) groups is 2. The van der Waals surface area contributed by atoms with Gasteiger partial charge < -0.3 is 0 Å². The van der Waals surface area contributed by atoms with E-state index in [1.54, 1.807) is 0 Å². The van der Waals surface area contributed by atoms with Crippen LogP contribution in [-0.4, -0.2) is 22.3 Å². The summed E-state index contributed by atoms with van der Waals surface area (Å²) in [7, 11) is 0. The minimum absolute atomic E-state index is 0.0195. The van der Waals surface area contributed by atoms with Crippen molar-refractivity contribution in [3.63, 3.8) is 0 Å². The molecule has 0 unspecified atom stereocenters. The lowest BCUT2D eigenvalue weighted by molar-refractivity contribution is -0.138. The fourth-order valence-electron chi connectivity index (χ4n) is 2.25. The average molecular weight is 317 g/mol. The van der Waals surface area contributed by atoms with E-state index < -0.39 is 11.7 Å². The first kappa shape index (κ1) is 16.0. The van der Waals surface area contributed by atoms with Crippen molar-refractivity contribution in [3.05, 3.63) is 23.9 Å². The third-order valence-electron chi connectivity index (χ3n) is 3.27. The first-order valence-corrected chi connectivity index (χ1v) is 7.52. The van der Waals surface area contributed by atoms with E-state index in [1.165, 1.54) is 17.8 Å². The van der Waals surface area contributed by atoms with Crippen LogP contribution in [0.1, 0.15) is 31.2 Å². The number of rotatable bonds is 4. The van der Waals surface area contributed by atoms with Gasteiger partial charge in [-0.25, -0.2) is 4.98 Å². The van der Waals surface area contributed by atoms with E-state index in [2.05, 4.69) is 4.98 Å². The van der Waals surface area contributed by atoms with E-state index in [0.717, 1.165) is 12.3 Å². The van der Waals surface area contributed by atoms with Gasteiger partial charge >= 0.3 is 6.18 Å². The normalized spacial score (nSPS) is 17.3. The number of alkyl halides is 3. The Hall–Kier alpha value is -1.37. The molecule has 3 nitrogen and oxygen atoms in total. The zero-order valence-electron chi connectivity index (χ0n) is 11.2. The van der Waals surface area contributed by atoms with Crippen LogP contribution in [0.5, 0.6) is 0 Å². The van der Waals surface area contributed by atoms with Gasteiger partial charge in [0.2, 0.25) is 0 Å². The topological polar surface area (TPSA) is 47.0 Å². The SMILES string of the molecule is O=C1CC(=O)CC(CCSc2ccc(C(F)(F)F)cn2)C1. The van der Waals surface area contributed by atoms with Gasteiger partial charge in [-0.2, -0.15) is 13.2 Å². The van der Waals surface area contributed by atoms with Crippen LogP contribution < -0.4 is 0 Å². The molecule has 2 rings (SSSR count). The largest absolute Gasteiger partial charge is 0.417 e. The van der Waals surface area contributed by atoms with Gasteiger partial charge in [0, 0.05) is 19.0 Å². The Morgan fingerprint density at radius 2 is 1.86 bits per heavy atom. The molecular weight excluding hydrogens is 303 g/mol. The first-order valence-electron chi connectivity index (χ1n) is 6.54. The van der Waals surface area contributed by atoms with Gasteiger partial charge in [-0.15, -0.1) is 11.8 Å². The second-order valence-electron chi connectivity index (χ2n) is 5.05. The minimum atomic E-state index is -4.38. The van der Waals surface area contributed by atoms with Crippen molar-refractivity contribution in [2.75, 3.05) is 5.75 Å². The number of nitrogens with zero attached hydrogens (tertiary/aromatic N) is 1. The smallest absolute Gasteiger partial charge is 0.299 e. The molecule has 1 fully saturated rings. The maximum Gasteiger partial charge on any atom is 0.417 e. The van der Waals surface area contributed by atoms with E-state index in [-0.39, 0.29) is 23.9 Å². The Labute approximate surface area is 124 Å². The van der Waals surface area contributed by atoms with Crippen LogP contribution in [0.25, 0.3) is 0 Å². The Morgan fingerprint density at radius 1 is 1.19 bits per heavy atom. The summed E-state index contributed by atoms with van der Waals surface area (Å²) in [5.74, 6) is 0.646. The summed E-state index contributed by atoms with van der Waals surface area (Å²) >= 11 is 1.33. The molecule has 7 heteroatoms. The summed E-state index contributed by atoms with van der Waals surface area (Å²) in [4.78, 5) is 26.4. The molecule has 1 aromatic heterocycles. The Balaban J connectivity index is 1.81. The molecule has 1 saturated carbocycles. The monoisotopic (exact) mass is 317 g/mol. The van der Waals surface area contributed by atoms with Gasteiger partial charge in [-0.1, -0.05) is 0 Å². The maximum atomic E-state index is 12.4. The number of hydrogen-bond donors (Lipinski definition) is 0. The molecule has 1 aliphatic carbocycles. The molecule has 21 heavy (non-hydrogen) atoms. The van der Waals surface area contributed by atoms with Gasteiger partial charge in [0.05, 0.1) is 17.0 Å². The van der Waals surface area contributed by atoms with Gasteiger partial charge in [0.25, 0.3) is 0 Å². The van der Waals surface area contributed by atoms with Crippen LogP contribution in [0.3, 0.4) is 0 Å². The molecule has 0 aromatic carbocycles. The summed E-state index contributed by atoms with van der Waals surface area (Å²) < 4.78 is 37.1. The van der Waals surface area contributed by atoms with Crippen molar-refractivity contribution in [1.82, 2.24) is 4.98 Å². The van der Waals surface area contributed by atoms with Gasteiger partial charge in [-0.05, 0) is 30.2 Å². The lowest BCUT2D eigenvalue weighted by atomic mass is 9.86. The zero-order chi connectivity index (χ0) is 15.5. The number of thioether (sulfide) groups is 1. The maximum absolute atomic E-state index is 12.4. The van der Waals surface area contributed by atoms with Gasteiger partial charge in [0.1, 0.15) is 11.6 Å². The third-order valence-corrected chi connectivity index (χ3v) is 4.24. The lowest BCUT2D eigenvalue weighted by Crippen LogP contribution is -2.22. The van der Waals surface area contributed by atoms with E-state index in [9.17, 15) is 22.8 Å². The second kappa shape index (κ2) is 6.60. The number of halogens is 3. The summed E-state index contributed by atoms with van der Waals surface area (Å²) in [6.45, 7) is 0. The number of Topliss-reactive ketones (excluding diaryl/α,β-unsaturated/α-hetero) is 2. The van der Waals surface area contributed by atoms with Crippen molar-refractivity contribution >= 4 is 23.3 Å². The highest BCUT2D eigenvalue weighted by molar-refractivity contribution is 7.99. The standard InChI is InChI=1S/C14H14F3NO2S/c15-14(16,17)10-1-2-13(18-8-10)21-4-3-9-5-11(19)7-12(20)6-9/h1-2,8-9H,3-7H2. The van der Waals surface area contributed by atoms with Crippen molar-refractivity contribution in [3.8, 4) is 0 Å². The quantitative estimate of drug-likeness (QED) is 0.630. The number of carbonyl (C=O) groups excluding carboxylic acids is 2. The van der Waals surface area contributed by atoms with Crippen LogP contribution >= 0.6 is 11.8 Å². The number of hydrogen-bond acceptors (Lipinski definition) is 4. The molecule has 0 spiro atoms. The van der Waals surface area contributed by atoms with E-state index in [0.29, 0.717) is 30.0 Å². The van der Waals surface area contributed by atoms with Crippen molar-refractivity contribution in [1.29, 1.82) is 0 Å². The number of ketones is 2. The highest BCUT2D eigenvalue weighted by Crippen LogP contribution is 2.30. The average Bonchev–Trinajstić information content (AvgIpc) is 2.37. The highest BCUT2D eigenvalue weighted by Gasteiger charge is 2.30. The van der Waals surface area contributed by atoms with Crippen LogP contribution in [0.15, 0.2) is 23.4 Å². The molecule has 0 bridgehead atoms. The molecule has 0 N–H and O–H groups in total. The summed E-state index contributed by atoms with van der Waals surface area (Å²) in [5, 5.41) is 0.511. The fraction of sp³-hybridized carbons (Fsp3) is 0.500. The molecule has 0 amide bonds. The predicted molar refractivity (Wildman–Crippen MR) is 71.9 cm³/mol. The molecule has 1 heterocycles. The van der Waals surface area contributed by atoms with E-state index >= 15 is 0 Å². The third kappa shape index (κ3) is 4.84. The first-order chi connectivity index (χ1) is 9.84. The van der Waals surface area contributed by atoms with Crippen LogP contribution in [0, 0.1) is 5.92 Å².